The average molecular weight is 184 g/mol. The maximum absolute atomic E-state index is 10.4. The summed E-state index contributed by atoms with van der Waals surface area (Å²) in [6, 6.07) is 0. The van der Waals surface area contributed by atoms with Crippen LogP contribution < -0.4 is 29.6 Å². The first kappa shape index (κ1) is 11.9. The van der Waals surface area contributed by atoms with Gasteiger partial charge in [0.1, 0.15) is 0 Å². The van der Waals surface area contributed by atoms with E-state index in [-0.39, 0.29) is 43.8 Å². The summed E-state index contributed by atoms with van der Waals surface area (Å²) in [5, 5.41) is 25.7. The predicted octanol–water partition coefficient (Wildman–Crippen LogP) is -3.59. The van der Waals surface area contributed by atoms with Crippen molar-refractivity contribution in [1.82, 2.24) is 0 Å². The number of hydrogen-bond acceptors (Lipinski definition) is 3. The quantitative estimate of drug-likeness (QED) is 0.304. The summed E-state index contributed by atoms with van der Waals surface area (Å²) in [7, 11) is 0. The van der Waals surface area contributed by atoms with Gasteiger partial charge in [-0.25, -0.2) is 0 Å². The number of rotatable bonds is 2. The molecule has 1 aliphatic rings. The number of aliphatic hydroxyl groups excluding tert-OH is 1. The summed E-state index contributed by atoms with van der Waals surface area (Å²) >= 11 is 0. The molecule has 3 N–H and O–H groups in total. The normalized spacial score (nSPS) is 20.4. The zero-order chi connectivity index (χ0) is 8.65. The van der Waals surface area contributed by atoms with E-state index < -0.39 is 23.5 Å². The Kier molecular flexibility index (Phi) is 3.71. The van der Waals surface area contributed by atoms with Gasteiger partial charge in [-0.1, -0.05) is 0 Å². The zero-order valence-corrected chi connectivity index (χ0v) is 8.65. The van der Waals surface area contributed by atoms with Crippen molar-refractivity contribution in [2.24, 2.45) is 5.41 Å². The van der Waals surface area contributed by atoms with Crippen LogP contribution in [-0.4, -0.2) is 33.4 Å². The van der Waals surface area contributed by atoms with E-state index in [1.807, 2.05) is 0 Å². The van der Waals surface area contributed by atoms with Crippen LogP contribution in [0.2, 0.25) is 0 Å². The summed E-state index contributed by atoms with van der Waals surface area (Å²) in [6.45, 7) is 0. The maximum Gasteiger partial charge on any atom is 1.00 e. The molecule has 0 aromatic carbocycles. The van der Waals surface area contributed by atoms with Crippen LogP contribution in [0.1, 0.15) is 14.3 Å². The first-order valence-electron chi connectivity index (χ1n) is 3.14. The molecule has 1 fully saturated rings. The van der Waals surface area contributed by atoms with E-state index in [9.17, 15) is 9.59 Å². The van der Waals surface area contributed by atoms with Crippen molar-refractivity contribution < 1.29 is 55.9 Å². The van der Waals surface area contributed by atoms with Crippen molar-refractivity contribution in [3.05, 3.63) is 0 Å². The Morgan fingerprint density at radius 1 is 1.25 bits per heavy atom. The second kappa shape index (κ2) is 3.74. The molecule has 0 amide bonds. The Morgan fingerprint density at radius 3 is 1.67 bits per heavy atom. The van der Waals surface area contributed by atoms with Gasteiger partial charge in [0.15, 0.2) is 5.41 Å². The van der Waals surface area contributed by atoms with Crippen molar-refractivity contribution in [3.63, 3.8) is 0 Å². The second-order valence-electron chi connectivity index (χ2n) is 2.75. The molecule has 0 spiro atoms. The number of aliphatic hydroxyl groups is 1. The third-order valence-electron chi connectivity index (χ3n) is 1.99. The van der Waals surface area contributed by atoms with E-state index in [0.29, 0.717) is 0 Å². The summed E-state index contributed by atoms with van der Waals surface area (Å²) in [6.07, 6.45) is -1.14. The van der Waals surface area contributed by atoms with E-state index >= 15 is 0 Å². The molecule has 1 rings (SSSR count). The van der Waals surface area contributed by atoms with Gasteiger partial charge in [-0.15, -0.1) is 0 Å². The number of carboxylic acids is 2. The van der Waals surface area contributed by atoms with Gasteiger partial charge >= 0.3 is 41.5 Å². The molecule has 0 heterocycles. The van der Waals surface area contributed by atoms with Gasteiger partial charge in [0.2, 0.25) is 0 Å². The molecule has 0 bridgehead atoms. The van der Waals surface area contributed by atoms with E-state index in [4.69, 9.17) is 15.3 Å². The molecule has 12 heavy (non-hydrogen) atoms. The third kappa shape index (κ3) is 1.64. The van der Waals surface area contributed by atoms with Crippen molar-refractivity contribution >= 4 is 11.9 Å². The standard InChI is InChI=1S/C6H8O5.Na.H/c7-3-1-6(2-3,4(8)9)5(10)11;;/h3,7H,1-2H2,(H,8,9)(H,10,11);;/q;+1;-1. The molecule has 6 heteroatoms. The van der Waals surface area contributed by atoms with Gasteiger partial charge in [0, 0.05) is 12.8 Å². The van der Waals surface area contributed by atoms with Crippen LogP contribution in [0.5, 0.6) is 0 Å². The van der Waals surface area contributed by atoms with Gasteiger partial charge in [0.05, 0.1) is 6.10 Å². The van der Waals surface area contributed by atoms with Gasteiger partial charge in [0.25, 0.3) is 0 Å². The number of carboxylic acid groups (broad SMARTS) is 2. The largest absolute Gasteiger partial charge is 1.00 e. The van der Waals surface area contributed by atoms with Crippen molar-refractivity contribution in [2.45, 2.75) is 18.9 Å². The van der Waals surface area contributed by atoms with E-state index in [2.05, 4.69) is 0 Å². The molecule has 0 aromatic heterocycles. The first-order valence-corrected chi connectivity index (χ1v) is 3.14. The van der Waals surface area contributed by atoms with Crippen molar-refractivity contribution in [3.8, 4) is 0 Å². The van der Waals surface area contributed by atoms with E-state index in [1.165, 1.54) is 0 Å². The Hall–Kier alpha value is -0.100. The van der Waals surface area contributed by atoms with Crippen LogP contribution in [0.15, 0.2) is 0 Å². The fourth-order valence-corrected chi connectivity index (χ4v) is 1.19. The maximum atomic E-state index is 10.4. The minimum Gasteiger partial charge on any atom is -1.00 e. The fourth-order valence-electron chi connectivity index (χ4n) is 1.19. The molecule has 0 aromatic rings. The summed E-state index contributed by atoms with van der Waals surface area (Å²) in [5.74, 6) is -2.73. The number of aliphatic carboxylic acids is 2. The first-order chi connectivity index (χ1) is 4.99. The Bertz CT molecular complexity index is 197. The fraction of sp³-hybridized carbons (Fsp3) is 0.667. The van der Waals surface area contributed by atoms with Crippen LogP contribution in [0.4, 0.5) is 0 Å². The number of hydrogen-bond donors (Lipinski definition) is 3. The second-order valence-corrected chi connectivity index (χ2v) is 2.75. The molecule has 64 valence electrons. The minimum atomic E-state index is -1.72. The summed E-state index contributed by atoms with van der Waals surface area (Å²) in [5.41, 5.74) is -1.72. The van der Waals surface area contributed by atoms with Crippen LogP contribution >= 0.6 is 0 Å². The third-order valence-corrected chi connectivity index (χ3v) is 1.99. The molecule has 0 atom stereocenters. The number of carbonyl (C=O) groups is 2. The van der Waals surface area contributed by atoms with Crippen LogP contribution in [0.3, 0.4) is 0 Å². The molecule has 5 nitrogen and oxygen atoms in total. The molecule has 0 aliphatic heterocycles. The molecular weight excluding hydrogens is 175 g/mol. The average Bonchev–Trinajstić information content (AvgIpc) is 1.78. The summed E-state index contributed by atoms with van der Waals surface area (Å²) < 4.78 is 0. The van der Waals surface area contributed by atoms with Crippen LogP contribution in [0.25, 0.3) is 0 Å². The van der Waals surface area contributed by atoms with E-state index in [0.717, 1.165) is 0 Å². The van der Waals surface area contributed by atoms with Crippen LogP contribution in [0, 0.1) is 5.41 Å². The molecule has 0 unspecified atom stereocenters. The van der Waals surface area contributed by atoms with Gasteiger partial charge in [-0.2, -0.15) is 0 Å². The van der Waals surface area contributed by atoms with Crippen molar-refractivity contribution in [2.75, 3.05) is 0 Å². The predicted molar refractivity (Wildman–Crippen MR) is 34.1 cm³/mol. The van der Waals surface area contributed by atoms with E-state index in [1.54, 1.807) is 0 Å². The van der Waals surface area contributed by atoms with Crippen molar-refractivity contribution in [1.29, 1.82) is 0 Å². The molecule has 0 saturated heterocycles. The Balaban J connectivity index is 0. The Labute approximate surface area is 92.2 Å². The topological polar surface area (TPSA) is 94.8 Å². The summed E-state index contributed by atoms with van der Waals surface area (Å²) in [4.78, 5) is 20.8. The van der Waals surface area contributed by atoms with Crippen LogP contribution in [-0.2, 0) is 9.59 Å². The molecule has 0 radical (unpaired) electrons. The minimum absolute atomic E-state index is 0. The van der Waals surface area contributed by atoms with Gasteiger partial charge < -0.3 is 16.7 Å². The molecule has 1 saturated carbocycles. The Morgan fingerprint density at radius 2 is 1.58 bits per heavy atom. The molecule has 1 aliphatic carbocycles. The monoisotopic (exact) mass is 184 g/mol. The zero-order valence-electron chi connectivity index (χ0n) is 7.65. The molecular formula is C6H9NaO5. The SMILES string of the molecule is O=C(O)C1(C(=O)O)CC(O)C1.[H-].[Na+]. The smallest absolute Gasteiger partial charge is 1.00 e. The van der Waals surface area contributed by atoms with Gasteiger partial charge in [-0.05, 0) is 0 Å². The van der Waals surface area contributed by atoms with Gasteiger partial charge in [-0.3, -0.25) is 9.59 Å².